The van der Waals surface area contributed by atoms with Crippen molar-refractivity contribution in [1.82, 2.24) is 10.2 Å². The second-order valence-corrected chi connectivity index (χ2v) is 5.73. The first-order valence-corrected chi connectivity index (χ1v) is 7.50. The SMILES string of the molecule is CCCCCN(C)CC(NC)c1cc(C)cc(C)c1. The van der Waals surface area contributed by atoms with Gasteiger partial charge >= 0.3 is 0 Å². The average molecular weight is 262 g/mol. The Bertz CT molecular complexity index is 353. The van der Waals surface area contributed by atoms with Crippen molar-refractivity contribution < 1.29 is 0 Å². The lowest BCUT2D eigenvalue weighted by Crippen LogP contribution is -2.32. The predicted molar refractivity (Wildman–Crippen MR) is 84.7 cm³/mol. The van der Waals surface area contributed by atoms with Crippen molar-refractivity contribution in [3.8, 4) is 0 Å². The van der Waals surface area contributed by atoms with Gasteiger partial charge in [-0.2, -0.15) is 0 Å². The van der Waals surface area contributed by atoms with E-state index in [0.29, 0.717) is 6.04 Å². The molecule has 0 aromatic heterocycles. The Labute approximate surface area is 119 Å². The van der Waals surface area contributed by atoms with Gasteiger partial charge in [-0.3, -0.25) is 0 Å². The first-order chi connectivity index (χ1) is 9.06. The third-order valence-corrected chi connectivity index (χ3v) is 3.63. The van der Waals surface area contributed by atoms with E-state index in [9.17, 15) is 0 Å². The van der Waals surface area contributed by atoms with Crippen LogP contribution in [0.15, 0.2) is 18.2 Å². The molecule has 1 N–H and O–H groups in total. The normalized spacial score (nSPS) is 12.9. The Hall–Kier alpha value is -0.860. The van der Waals surface area contributed by atoms with E-state index in [-0.39, 0.29) is 0 Å². The molecule has 1 atom stereocenters. The molecule has 19 heavy (non-hydrogen) atoms. The topological polar surface area (TPSA) is 15.3 Å². The summed E-state index contributed by atoms with van der Waals surface area (Å²) < 4.78 is 0. The first-order valence-electron chi connectivity index (χ1n) is 7.50. The van der Waals surface area contributed by atoms with Crippen LogP contribution in [0.2, 0.25) is 0 Å². The van der Waals surface area contributed by atoms with E-state index >= 15 is 0 Å². The molecule has 0 spiro atoms. The van der Waals surface area contributed by atoms with Gasteiger partial charge in [-0.1, -0.05) is 49.1 Å². The van der Waals surface area contributed by atoms with Crippen LogP contribution in [0.3, 0.4) is 0 Å². The molecule has 1 rings (SSSR count). The summed E-state index contributed by atoms with van der Waals surface area (Å²) >= 11 is 0. The molecular formula is C17H30N2. The van der Waals surface area contributed by atoms with Gasteiger partial charge in [-0.25, -0.2) is 0 Å². The highest BCUT2D eigenvalue weighted by atomic mass is 15.1. The summed E-state index contributed by atoms with van der Waals surface area (Å²) in [4.78, 5) is 2.44. The van der Waals surface area contributed by atoms with Crippen LogP contribution in [-0.4, -0.2) is 32.1 Å². The highest BCUT2D eigenvalue weighted by Gasteiger charge is 2.12. The fraction of sp³-hybridized carbons (Fsp3) is 0.647. The van der Waals surface area contributed by atoms with E-state index in [1.165, 1.54) is 42.5 Å². The van der Waals surface area contributed by atoms with E-state index in [2.05, 4.69) is 63.3 Å². The van der Waals surface area contributed by atoms with E-state index in [1.807, 2.05) is 0 Å². The number of nitrogens with zero attached hydrogens (tertiary/aromatic N) is 1. The van der Waals surface area contributed by atoms with Gasteiger partial charge in [-0.05, 0) is 46.5 Å². The summed E-state index contributed by atoms with van der Waals surface area (Å²) in [6, 6.07) is 7.26. The van der Waals surface area contributed by atoms with E-state index in [0.717, 1.165) is 6.54 Å². The Morgan fingerprint density at radius 1 is 1.11 bits per heavy atom. The predicted octanol–water partition coefficient (Wildman–Crippen LogP) is 3.69. The zero-order valence-corrected chi connectivity index (χ0v) is 13.3. The molecule has 0 saturated heterocycles. The van der Waals surface area contributed by atoms with Crippen LogP contribution >= 0.6 is 0 Å². The summed E-state index contributed by atoms with van der Waals surface area (Å²) in [6.45, 7) is 8.87. The molecule has 0 aliphatic heterocycles. The molecule has 108 valence electrons. The molecule has 1 aromatic rings. The molecule has 0 saturated carbocycles. The standard InChI is InChI=1S/C17H30N2/c1-6-7-8-9-19(5)13-17(18-4)16-11-14(2)10-15(3)12-16/h10-12,17-18H,6-9,13H2,1-5H3. The van der Waals surface area contributed by atoms with Crippen LogP contribution in [0.1, 0.15) is 48.9 Å². The maximum absolute atomic E-state index is 3.45. The van der Waals surface area contributed by atoms with Crippen LogP contribution < -0.4 is 5.32 Å². The molecule has 2 heteroatoms. The number of nitrogens with one attached hydrogen (secondary N) is 1. The zero-order valence-electron chi connectivity index (χ0n) is 13.3. The molecule has 0 bridgehead atoms. The fourth-order valence-corrected chi connectivity index (χ4v) is 2.61. The van der Waals surface area contributed by atoms with Crippen molar-refractivity contribution in [3.63, 3.8) is 0 Å². The quantitative estimate of drug-likeness (QED) is 0.719. The van der Waals surface area contributed by atoms with Gasteiger partial charge < -0.3 is 10.2 Å². The number of hydrogen-bond acceptors (Lipinski definition) is 2. The van der Waals surface area contributed by atoms with Gasteiger partial charge in [0.1, 0.15) is 0 Å². The highest BCUT2D eigenvalue weighted by molar-refractivity contribution is 5.30. The Balaban J connectivity index is 2.61. The van der Waals surface area contributed by atoms with Crippen molar-refractivity contribution in [2.75, 3.05) is 27.2 Å². The molecule has 0 amide bonds. The second-order valence-electron chi connectivity index (χ2n) is 5.73. The average Bonchev–Trinajstić information content (AvgIpc) is 2.35. The van der Waals surface area contributed by atoms with E-state index < -0.39 is 0 Å². The van der Waals surface area contributed by atoms with Gasteiger partial charge in [0.05, 0.1) is 0 Å². The van der Waals surface area contributed by atoms with Gasteiger partial charge in [0.25, 0.3) is 0 Å². The van der Waals surface area contributed by atoms with Crippen LogP contribution in [-0.2, 0) is 0 Å². The monoisotopic (exact) mass is 262 g/mol. The van der Waals surface area contributed by atoms with Crippen LogP contribution in [0.25, 0.3) is 0 Å². The molecular weight excluding hydrogens is 232 g/mol. The van der Waals surface area contributed by atoms with Crippen molar-refractivity contribution in [3.05, 3.63) is 34.9 Å². The van der Waals surface area contributed by atoms with E-state index in [1.54, 1.807) is 0 Å². The number of rotatable bonds is 8. The van der Waals surface area contributed by atoms with Gasteiger partial charge in [-0.15, -0.1) is 0 Å². The van der Waals surface area contributed by atoms with Crippen molar-refractivity contribution >= 4 is 0 Å². The third kappa shape index (κ3) is 5.75. The van der Waals surface area contributed by atoms with Gasteiger partial charge in [0.15, 0.2) is 0 Å². The van der Waals surface area contributed by atoms with Crippen LogP contribution in [0, 0.1) is 13.8 Å². The lowest BCUT2D eigenvalue weighted by Gasteiger charge is -2.24. The van der Waals surface area contributed by atoms with Crippen LogP contribution in [0.5, 0.6) is 0 Å². The Morgan fingerprint density at radius 3 is 2.26 bits per heavy atom. The molecule has 0 fully saturated rings. The maximum Gasteiger partial charge on any atom is 0.0446 e. The lowest BCUT2D eigenvalue weighted by molar-refractivity contribution is 0.290. The number of unbranched alkanes of at least 4 members (excludes halogenated alkanes) is 2. The molecule has 0 aliphatic carbocycles. The summed E-state index contributed by atoms with van der Waals surface area (Å²) in [7, 11) is 4.28. The first kappa shape index (κ1) is 16.2. The molecule has 1 unspecified atom stereocenters. The summed E-state index contributed by atoms with van der Waals surface area (Å²) in [6.07, 6.45) is 3.93. The molecule has 0 aliphatic rings. The number of benzene rings is 1. The van der Waals surface area contributed by atoms with Gasteiger partial charge in [0.2, 0.25) is 0 Å². The summed E-state index contributed by atoms with van der Waals surface area (Å²) in [5, 5.41) is 3.45. The van der Waals surface area contributed by atoms with Crippen molar-refractivity contribution in [2.24, 2.45) is 0 Å². The van der Waals surface area contributed by atoms with Crippen molar-refractivity contribution in [1.29, 1.82) is 0 Å². The summed E-state index contributed by atoms with van der Waals surface area (Å²) in [5.41, 5.74) is 4.11. The minimum Gasteiger partial charge on any atom is -0.312 e. The third-order valence-electron chi connectivity index (χ3n) is 3.63. The van der Waals surface area contributed by atoms with Crippen molar-refractivity contribution in [2.45, 2.75) is 46.1 Å². The zero-order chi connectivity index (χ0) is 14.3. The van der Waals surface area contributed by atoms with Gasteiger partial charge in [0, 0.05) is 12.6 Å². The molecule has 1 aromatic carbocycles. The number of aryl methyl sites for hydroxylation is 2. The van der Waals surface area contributed by atoms with E-state index in [4.69, 9.17) is 0 Å². The summed E-state index contributed by atoms with van der Waals surface area (Å²) in [5.74, 6) is 0. The number of likely N-dealkylation sites (N-methyl/N-ethyl adjacent to an activating group) is 2. The van der Waals surface area contributed by atoms with Crippen LogP contribution in [0.4, 0.5) is 0 Å². The Morgan fingerprint density at radius 2 is 1.74 bits per heavy atom. The Kier molecular flexibility index (Phi) is 7.11. The second kappa shape index (κ2) is 8.34. The highest BCUT2D eigenvalue weighted by Crippen LogP contribution is 2.17. The number of hydrogen-bond donors (Lipinski definition) is 1. The molecule has 2 nitrogen and oxygen atoms in total. The smallest absolute Gasteiger partial charge is 0.0446 e. The fourth-order valence-electron chi connectivity index (χ4n) is 2.61. The minimum absolute atomic E-state index is 0.422. The largest absolute Gasteiger partial charge is 0.312 e. The lowest BCUT2D eigenvalue weighted by atomic mass is 10.0. The molecule has 0 radical (unpaired) electrons. The molecule has 0 heterocycles. The minimum atomic E-state index is 0.422. The maximum atomic E-state index is 3.45.